The summed E-state index contributed by atoms with van der Waals surface area (Å²) in [5, 5.41) is 24.1. The number of aliphatic hydroxyl groups excluding tert-OH is 1. The van der Waals surface area contributed by atoms with E-state index in [4.69, 9.17) is 27.6 Å². The van der Waals surface area contributed by atoms with Gasteiger partial charge in [-0.05, 0) is 57.4 Å². The molecule has 0 fully saturated rings. The summed E-state index contributed by atoms with van der Waals surface area (Å²) in [4.78, 5) is 16.9. The fourth-order valence-corrected chi connectivity index (χ4v) is 4.29. The van der Waals surface area contributed by atoms with Gasteiger partial charge in [-0.2, -0.15) is 0 Å². The first kappa shape index (κ1) is 21.3. The summed E-state index contributed by atoms with van der Waals surface area (Å²) in [5.74, 6) is 0.0390. The maximum atomic E-state index is 13.5. The Morgan fingerprint density at radius 1 is 1.13 bits per heavy atom. The zero-order chi connectivity index (χ0) is 21.6. The molecule has 2 aromatic carbocycles. The first-order valence-corrected chi connectivity index (χ1v) is 10.3. The van der Waals surface area contributed by atoms with Crippen molar-refractivity contribution in [1.29, 1.82) is 0 Å². The third kappa shape index (κ3) is 3.43. The maximum absolute atomic E-state index is 13.5. The van der Waals surface area contributed by atoms with Gasteiger partial charge in [-0.3, -0.25) is 4.79 Å². The van der Waals surface area contributed by atoms with Crippen LogP contribution in [-0.4, -0.2) is 47.2 Å². The van der Waals surface area contributed by atoms with Gasteiger partial charge >= 0.3 is 0 Å². The van der Waals surface area contributed by atoms with E-state index in [1.165, 1.54) is 11.0 Å². The molecule has 0 bridgehead atoms. The van der Waals surface area contributed by atoms with Crippen LogP contribution in [0, 0.1) is 0 Å². The van der Waals surface area contributed by atoms with E-state index in [0.29, 0.717) is 34.2 Å². The van der Waals surface area contributed by atoms with Gasteiger partial charge in [0, 0.05) is 22.2 Å². The summed E-state index contributed by atoms with van der Waals surface area (Å²) in [7, 11) is 3.89. The number of halogens is 2. The molecule has 0 saturated carbocycles. The van der Waals surface area contributed by atoms with Gasteiger partial charge in [-0.1, -0.05) is 35.3 Å². The van der Waals surface area contributed by atoms with Crippen molar-refractivity contribution in [3.63, 3.8) is 0 Å². The lowest BCUT2D eigenvalue weighted by Gasteiger charge is -2.35. The average molecular weight is 449 g/mol. The van der Waals surface area contributed by atoms with Crippen LogP contribution in [0.3, 0.4) is 0 Å². The summed E-state index contributed by atoms with van der Waals surface area (Å²) >= 11 is 12.1. The molecule has 0 saturated heterocycles. The van der Waals surface area contributed by atoms with Crippen molar-refractivity contribution in [1.82, 2.24) is 9.80 Å². The first-order valence-electron chi connectivity index (χ1n) is 9.58. The Balaban J connectivity index is 1.94. The van der Waals surface area contributed by atoms with Gasteiger partial charge in [0.1, 0.15) is 5.58 Å². The van der Waals surface area contributed by atoms with E-state index in [1.807, 2.05) is 19.0 Å². The highest BCUT2D eigenvalue weighted by molar-refractivity contribution is 6.31. The molecule has 2 unspecified atom stereocenters. The lowest BCUT2D eigenvalue weighted by atomic mass is 9.94. The van der Waals surface area contributed by atoms with E-state index in [-0.39, 0.29) is 16.7 Å². The van der Waals surface area contributed by atoms with Crippen LogP contribution in [0.2, 0.25) is 10.0 Å². The second-order valence-electron chi connectivity index (χ2n) is 7.71. The van der Waals surface area contributed by atoms with Gasteiger partial charge in [0.05, 0.1) is 10.9 Å². The van der Waals surface area contributed by atoms with Crippen LogP contribution in [0.5, 0.6) is 0 Å². The van der Waals surface area contributed by atoms with E-state index in [0.717, 1.165) is 6.54 Å². The molecule has 0 spiro atoms. The summed E-state index contributed by atoms with van der Waals surface area (Å²) in [6.07, 6.45) is -0.622. The van der Waals surface area contributed by atoms with Crippen molar-refractivity contribution < 1.29 is 14.6 Å². The Labute approximate surface area is 183 Å². The van der Waals surface area contributed by atoms with Crippen molar-refractivity contribution in [3.8, 4) is 0 Å². The number of fused-ring (bicyclic) bond motifs is 2. The van der Waals surface area contributed by atoms with Gasteiger partial charge in [0.2, 0.25) is 5.43 Å². The van der Waals surface area contributed by atoms with E-state index in [2.05, 4.69) is 0 Å². The number of aliphatic hydroxyl groups is 2. The third-order valence-electron chi connectivity index (χ3n) is 5.42. The molecule has 6 nitrogen and oxygen atoms in total. The minimum atomic E-state index is -1.87. The number of nitrogens with zero attached hydrogens (tertiary/aromatic N) is 2. The smallest absolute Gasteiger partial charge is 0.201 e. The summed E-state index contributed by atoms with van der Waals surface area (Å²) < 4.78 is 5.90. The number of hydrogen-bond acceptors (Lipinski definition) is 6. The molecular formula is C22H22Cl2N2O4. The van der Waals surface area contributed by atoms with E-state index >= 15 is 0 Å². The largest absolute Gasteiger partial charge is 0.456 e. The van der Waals surface area contributed by atoms with Crippen LogP contribution in [0.1, 0.15) is 29.5 Å². The summed E-state index contributed by atoms with van der Waals surface area (Å²) in [6, 6.07) is 11.3. The van der Waals surface area contributed by atoms with Gasteiger partial charge in [-0.15, -0.1) is 0 Å². The molecule has 3 aromatic rings. The van der Waals surface area contributed by atoms with Crippen LogP contribution >= 0.6 is 23.2 Å². The predicted molar refractivity (Wildman–Crippen MR) is 117 cm³/mol. The highest BCUT2D eigenvalue weighted by Crippen LogP contribution is 2.47. The van der Waals surface area contributed by atoms with E-state index in [1.54, 1.807) is 36.4 Å². The van der Waals surface area contributed by atoms with Gasteiger partial charge in [-0.25, -0.2) is 4.90 Å². The molecule has 1 aromatic heterocycles. The van der Waals surface area contributed by atoms with Crippen molar-refractivity contribution in [2.24, 2.45) is 0 Å². The lowest BCUT2D eigenvalue weighted by Crippen LogP contribution is -2.46. The Hall–Kier alpha value is -1.93. The highest BCUT2D eigenvalue weighted by Gasteiger charge is 2.53. The average Bonchev–Trinajstić information content (AvgIpc) is 2.91. The van der Waals surface area contributed by atoms with E-state index in [9.17, 15) is 15.0 Å². The zero-order valence-electron chi connectivity index (χ0n) is 16.6. The number of hydrogen-bond donors (Lipinski definition) is 2. The van der Waals surface area contributed by atoms with Crippen molar-refractivity contribution in [3.05, 3.63) is 79.6 Å². The molecule has 2 heterocycles. The Kier molecular flexibility index (Phi) is 5.66. The number of rotatable bonds is 5. The van der Waals surface area contributed by atoms with Crippen molar-refractivity contribution in [2.75, 3.05) is 27.2 Å². The third-order valence-corrected chi connectivity index (χ3v) is 5.91. The topological polar surface area (TPSA) is 77.2 Å². The normalized spacial score (nSPS) is 21.5. The van der Waals surface area contributed by atoms with Crippen LogP contribution in [0.25, 0.3) is 11.0 Å². The fraction of sp³-hybridized carbons (Fsp3) is 0.318. The van der Waals surface area contributed by atoms with Crippen LogP contribution in [0.15, 0.2) is 51.7 Å². The lowest BCUT2D eigenvalue weighted by molar-refractivity contribution is -0.143. The molecule has 1 aliphatic heterocycles. The van der Waals surface area contributed by atoms with Crippen LogP contribution in [0.4, 0.5) is 0 Å². The summed E-state index contributed by atoms with van der Waals surface area (Å²) in [5.41, 5.74) is -1.58. The molecule has 2 N–H and O–H groups in total. The molecule has 8 heteroatoms. The second kappa shape index (κ2) is 7.96. The zero-order valence-corrected chi connectivity index (χ0v) is 18.1. The molecule has 0 aliphatic carbocycles. The first-order chi connectivity index (χ1) is 14.2. The monoisotopic (exact) mass is 448 g/mol. The minimum absolute atomic E-state index is 0.00283. The minimum Gasteiger partial charge on any atom is -0.456 e. The molecule has 30 heavy (non-hydrogen) atoms. The molecule has 1 aliphatic rings. The molecule has 2 atom stereocenters. The predicted octanol–water partition coefficient (Wildman–Crippen LogP) is 3.55. The molecule has 0 radical (unpaired) electrons. The van der Waals surface area contributed by atoms with Crippen molar-refractivity contribution >= 4 is 34.2 Å². The quantitative estimate of drug-likeness (QED) is 0.621. The van der Waals surface area contributed by atoms with Gasteiger partial charge in [0.25, 0.3) is 0 Å². The molecule has 0 amide bonds. The molecule has 158 valence electrons. The molecule has 4 rings (SSSR count). The van der Waals surface area contributed by atoms with Gasteiger partial charge in [0.15, 0.2) is 17.7 Å². The van der Waals surface area contributed by atoms with Crippen LogP contribution in [-0.2, 0) is 5.72 Å². The fourth-order valence-electron chi connectivity index (χ4n) is 3.99. The Morgan fingerprint density at radius 2 is 1.80 bits per heavy atom. The molecular weight excluding hydrogens is 427 g/mol. The SMILES string of the molecule is CN(C)CCCN1C(O)c2oc3ccc(Cl)cc3c(=O)c2C1(O)c1ccc(Cl)cc1. The summed E-state index contributed by atoms with van der Waals surface area (Å²) in [6.45, 7) is 1.08. The Bertz CT molecular complexity index is 1150. The van der Waals surface area contributed by atoms with Crippen molar-refractivity contribution in [2.45, 2.75) is 18.4 Å². The highest BCUT2D eigenvalue weighted by atomic mass is 35.5. The maximum Gasteiger partial charge on any atom is 0.201 e. The van der Waals surface area contributed by atoms with E-state index < -0.39 is 17.4 Å². The Morgan fingerprint density at radius 3 is 2.47 bits per heavy atom. The van der Waals surface area contributed by atoms with Crippen LogP contribution < -0.4 is 5.43 Å². The van der Waals surface area contributed by atoms with Gasteiger partial charge < -0.3 is 19.5 Å². The standard InChI is InChI=1S/C22H22Cl2N2O4/c1-25(2)10-3-11-26-21(28)20-18(22(26,29)13-4-6-14(23)7-5-13)19(27)16-12-15(24)8-9-17(16)30-20/h4-9,12,21,28-29H,3,10-11H2,1-2H3. The number of benzene rings is 2. The second-order valence-corrected chi connectivity index (χ2v) is 8.59.